The molecule has 1 aliphatic rings. The Morgan fingerprint density at radius 2 is 1.80 bits per heavy atom. The van der Waals surface area contributed by atoms with Gasteiger partial charge >= 0.3 is 6.18 Å². The van der Waals surface area contributed by atoms with E-state index in [1.807, 2.05) is 5.32 Å². The number of alkyl halides is 3. The molecule has 0 bridgehead atoms. The second-order valence-corrected chi connectivity index (χ2v) is 5.15. The van der Waals surface area contributed by atoms with Crippen LogP contribution in [0, 0.1) is 0 Å². The van der Waals surface area contributed by atoms with E-state index in [0.29, 0.717) is 0 Å². The molecule has 2 heterocycles. The number of hydrogen-bond donors (Lipinski definition) is 2. The summed E-state index contributed by atoms with van der Waals surface area (Å²) in [4.78, 5) is 35.8. The van der Waals surface area contributed by atoms with Crippen molar-refractivity contribution in [2.24, 2.45) is 0 Å². The number of fused-ring (bicyclic) bond motifs is 1. The summed E-state index contributed by atoms with van der Waals surface area (Å²) >= 11 is 0. The van der Waals surface area contributed by atoms with Crippen molar-refractivity contribution in [2.75, 3.05) is 12.3 Å². The van der Waals surface area contributed by atoms with Gasteiger partial charge in [-0.3, -0.25) is 24.3 Å². The van der Waals surface area contributed by atoms with Crippen LogP contribution >= 0.6 is 0 Å². The number of pyridine rings is 1. The van der Waals surface area contributed by atoms with Gasteiger partial charge in [-0.05, 0) is 12.1 Å². The van der Waals surface area contributed by atoms with Crippen molar-refractivity contribution in [2.45, 2.75) is 6.18 Å². The first-order valence-corrected chi connectivity index (χ1v) is 6.89. The van der Waals surface area contributed by atoms with Crippen molar-refractivity contribution < 1.29 is 27.5 Å². The lowest BCUT2D eigenvalue weighted by Crippen LogP contribution is -2.25. The van der Waals surface area contributed by atoms with E-state index in [9.17, 15) is 27.6 Å². The first-order chi connectivity index (χ1) is 11.7. The number of para-hydroxylation sites is 2. The van der Waals surface area contributed by atoms with Gasteiger partial charge in [0.05, 0.1) is 16.8 Å². The van der Waals surface area contributed by atoms with Crippen molar-refractivity contribution >= 4 is 17.6 Å². The molecule has 10 heteroatoms. The topological polar surface area (TPSA) is 103 Å². The zero-order chi connectivity index (χ0) is 18.4. The number of hydrogen-bond acceptors (Lipinski definition) is 5. The highest BCUT2D eigenvalue weighted by Gasteiger charge is 2.33. The number of anilines is 1. The smallest absolute Gasteiger partial charge is 0.422 e. The van der Waals surface area contributed by atoms with Crippen molar-refractivity contribution in [3.05, 3.63) is 51.8 Å². The molecule has 2 aromatic rings. The molecule has 0 saturated heterocycles. The maximum Gasteiger partial charge on any atom is 0.422 e. The van der Waals surface area contributed by atoms with Gasteiger partial charge in [-0.2, -0.15) is 13.2 Å². The molecule has 0 atom stereocenters. The molecular formula is C15H10F3N3O4. The Kier molecular flexibility index (Phi) is 3.74. The van der Waals surface area contributed by atoms with Crippen LogP contribution in [0.5, 0.6) is 5.75 Å². The number of rotatable bonds is 3. The average molecular weight is 353 g/mol. The summed E-state index contributed by atoms with van der Waals surface area (Å²) in [5.41, 5.74) is 4.58. The molecule has 1 aliphatic heterocycles. The van der Waals surface area contributed by atoms with Gasteiger partial charge in [0.2, 0.25) is 0 Å². The number of carbonyl (C=O) groups excluding carboxylic acids is 2. The summed E-state index contributed by atoms with van der Waals surface area (Å²) in [6.07, 6.45) is -4.58. The molecule has 1 aromatic carbocycles. The Morgan fingerprint density at radius 3 is 2.48 bits per heavy atom. The zero-order valence-corrected chi connectivity index (χ0v) is 12.4. The Hall–Kier alpha value is -3.30. The van der Waals surface area contributed by atoms with Crippen LogP contribution in [0.3, 0.4) is 0 Å². The molecule has 130 valence electrons. The van der Waals surface area contributed by atoms with Crippen LogP contribution in [0.25, 0.3) is 5.69 Å². The van der Waals surface area contributed by atoms with Gasteiger partial charge < -0.3 is 10.5 Å². The lowest BCUT2D eigenvalue weighted by Gasteiger charge is -2.16. The van der Waals surface area contributed by atoms with Crippen LogP contribution < -0.4 is 21.3 Å². The van der Waals surface area contributed by atoms with Crippen molar-refractivity contribution in [3.63, 3.8) is 0 Å². The van der Waals surface area contributed by atoms with Gasteiger partial charge in [-0.25, -0.2) is 0 Å². The van der Waals surface area contributed by atoms with Crippen molar-refractivity contribution in [3.8, 4) is 11.4 Å². The molecular weight excluding hydrogens is 343 g/mol. The average Bonchev–Trinajstić information content (AvgIpc) is 2.80. The molecule has 3 N–H and O–H groups in total. The van der Waals surface area contributed by atoms with E-state index in [4.69, 9.17) is 10.5 Å². The first kappa shape index (κ1) is 16.6. The number of imide groups is 1. The second kappa shape index (κ2) is 5.65. The van der Waals surface area contributed by atoms with E-state index in [2.05, 4.69) is 0 Å². The molecule has 0 radical (unpaired) electrons. The summed E-state index contributed by atoms with van der Waals surface area (Å²) in [5, 5.41) is 2.00. The summed E-state index contributed by atoms with van der Waals surface area (Å²) in [6.45, 7) is -1.57. The van der Waals surface area contributed by atoms with Gasteiger partial charge in [0.1, 0.15) is 11.6 Å². The van der Waals surface area contributed by atoms with E-state index in [0.717, 1.165) is 10.6 Å². The molecule has 0 spiro atoms. The number of carbonyl (C=O) groups is 2. The van der Waals surface area contributed by atoms with Crippen molar-refractivity contribution in [1.82, 2.24) is 9.88 Å². The zero-order valence-electron chi connectivity index (χ0n) is 12.4. The van der Waals surface area contributed by atoms with Crippen molar-refractivity contribution in [1.29, 1.82) is 0 Å². The molecule has 0 fully saturated rings. The Morgan fingerprint density at radius 1 is 1.12 bits per heavy atom. The molecule has 25 heavy (non-hydrogen) atoms. The SMILES string of the molecule is Nc1c2c(cc(=O)n1-c1ccccc1OCC(F)(F)F)C(=O)NC2=O. The van der Waals surface area contributed by atoms with Crippen LogP contribution in [-0.2, 0) is 0 Å². The van der Waals surface area contributed by atoms with E-state index in [1.165, 1.54) is 24.3 Å². The summed E-state index contributed by atoms with van der Waals surface area (Å²) in [6, 6.07) is 6.31. The third-order valence-corrected chi connectivity index (χ3v) is 3.45. The lowest BCUT2D eigenvalue weighted by molar-refractivity contribution is -0.153. The number of benzene rings is 1. The highest BCUT2D eigenvalue weighted by molar-refractivity contribution is 6.23. The normalized spacial score (nSPS) is 13.6. The summed E-state index contributed by atoms with van der Waals surface area (Å²) in [7, 11) is 0. The number of nitrogens with zero attached hydrogens (tertiary/aromatic N) is 1. The fraction of sp³-hybridized carbons (Fsp3) is 0.133. The van der Waals surface area contributed by atoms with Crippen LogP contribution in [0.2, 0.25) is 0 Å². The number of ether oxygens (including phenoxy) is 1. The third kappa shape index (κ3) is 2.93. The second-order valence-electron chi connectivity index (χ2n) is 5.15. The fourth-order valence-corrected chi connectivity index (χ4v) is 2.45. The number of aromatic nitrogens is 1. The van der Waals surface area contributed by atoms with Gasteiger partial charge in [0, 0.05) is 6.07 Å². The fourth-order valence-electron chi connectivity index (χ4n) is 2.45. The molecule has 7 nitrogen and oxygen atoms in total. The molecule has 0 aliphatic carbocycles. The van der Waals surface area contributed by atoms with E-state index >= 15 is 0 Å². The van der Waals surface area contributed by atoms with E-state index in [-0.39, 0.29) is 28.4 Å². The predicted octanol–water partition coefficient (Wildman–Crippen LogP) is 1.24. The Labute approximate surface area is 137 Å². The molecule has 3 rings (SSSR count). The lowest BCUT2D eigenvalue weighted by atomic mass is 10.1. The van der Waals surface area contributed by atoms with Gasteiger partial charge in [0.15, 0.2) is 6.61 Å². The number of amides is 2. The van der Waals surface area contributed by atoms with Crippen LogP contribution in [0.1, 0.15) is 20.7 Å². The maximum absolute atomic E-state index is 12.4. The summed E-state index contributed by atoms with van der Waals surface area (Å²) in [5.74, 6) is -2.18. The van der Waals surface area contributed by atoms with Gasteiger partial charge in [-0.1, -0.05) is 12.1 Å². The quantitative estimate of drug-likeness (QED) is 0.808. The van der Waals surface area contributed by atoms with Crippen LogP contribution in [0.15, 0.2) is 35.1 Å². The minimum absolute atomic E-state index is 0.0794. The molecule has 0 saturated carbocycles. The largest absolute Gasteiger partial charge is 0.482 e. The minimum Gasteiger partial charge on any atom is -0.482 e. The third-order valence-electron chi connectivity index (χ3n) is 3.45. The number of nitrogens with two attached hydrogens (primary N) is 1. The number of nitrogen functional groups attached to an aromatic ring is 1. The number of halogens is 3. The highest BCUT2D eigenvalue weighted by atomic mass is 19.4. The van der Waals surface area contributed by atoms with E-state index in [1.54, 1.807) is 0 Å². The standard InChI is InChI=1S/C15H10F3N3O4/c16-15(17,18)6-25-9-4-2-1-3-8(9)21-10(22)5-7-11(12(21)19)14(24)20-13(7)23/h1-5H,6,19H2,(H,20,23,24). The minimum atomic E-state index is -4.58. The Bertz CT molecular complexity index is 950. The van der Waals surface area contributed by atoms with E-state index < -0.39 is 30.2 Å². The van der Waals surface area contributed by atoms with Crippen LogP contribution in [-0.4, -0.2) is 29.2 Å². The highest BCUT2D eigenvalue weighted by Crippen LogP contribution is 2.29. The Balaban J connectivity index is 2.16. The molecule has 1 aromatic heterocycles. The predicted molar refractivity (Wildman–Crippen MR) is 79.8 cm³/mol. The monoisotopic (exact) mass is 353 g/mol. The first-order valence-electron chi connectivity index (χ1n) is 6.89. The van der Waals surface area contributed by atoms with Gasteiger partial charge in [-0.15, -0.1) is 0 Å². The number of nitrogens with one attached hydrogen (secondary N) is 1. The molecule has 0 unspecified atom stereocenters. The van der Waals surface area contributed by atoms with Crippen LogP contribution in [0.4, 0.5) is 19.0 Å². The summed E-state index contributed by atoms with van der Waals surface area (Å²) < 4.78 is 42.7. The maximum atomic E-state index is 12.4. The molecule has 2 amide bonds. The van der Waals surface area contributed by atoms with Gasteiger partial charge in [0.25, 0.3) is 17.4 Å².